The number of rotatable bonds is 9. The molecule has 37 heavy (non-hydrogen) atoms. The zero-order valence-corrected chi connectivity index (χ0v) is 21.6. The largest absolute Gasteiger partial charge is 0.497 e. The van der Waals surface area contributed by atoms with Crippen LogP contribution < -0.4 is 10.1 Å². The van der Waals surface area contributed by atoms with Crippen molar-refractivity contribution in [3.63, 3.8) is 0 Å². The van der Waals surface area contributed by atoms with Crippen LogP contribution in [-0.2, 0) is 17.8 Å². The molecule has 0 aliphatic carbocycles. The molecule has 0 atom stereocenters. The van der Waals surface area contributed by atoms with Gasteiger partial charge in [0.05, 0.1) is 19.3 Å². The second-order valence-corrected chi connectivity index (χ2v) is 9.41. The lowest BCUT2D eigenvalue weighted by molar-refractivity contribution is -0.117. The van der Waals surface area contributed by atoms with Gasteiger partial charge >= 0.3 is 0 Å². The van der Waals surface area contributed by atoms with Crippen LogP contribution >= 0.6 is 0 Å². The van der Waals surface area contributed by atoms with Crippen molar-refractivity contribution in [2.45, 2.75) is 19.9 Å². The maximum atomic E-state index is 13.2. The fourth-order valence-electron chi connectivity index (χ4n) is 4.79. The molecular weight excluding hydrogens is 464 g/mol. The molecule has 1 N–H and O–H groups in total. The van der Waals surface area contributed by atoms with Gasteiger partial charge in [-0.05, 0) is 47.9 Å². The van der Waals surface area contributed by atoms with Crippen molar-refractivity contribution in [1.29, 1.82) is 0 Å². The number of piperazine rings is 1. The first kappa shape index (κ1) is 24.9. The fraction of sp³-hybridized carbons (Fsp3) is 0.345. The Labute approximate surface area is 217 Å². The van der Waals surface area contributed by atoms with E-state index in [0.717, 1.165) is 85.0 Å². The van der Waals surface area contributed by atoms with Crippen LogP contribution in [0, 0.1) is 0 Å². The van der Waals surface area contributed by atoms with Crippen molar-refractivity contribution >= 4 is 22.4 Å². The Morgan fingerprint density at radius 2 is 1.78 bits per heavy atom. The Morgan fingerprint density at radius 1 is 1.00 bits per heavy atom. The van der Waals surface area contributed by atoms with Gasteiger partial charge in [0.2, 0.25) is 5.91 Å². The molecule has 5 rings (SSSR count). The number of methoxy groups -OCH3 is 1. The molecule has 4 aromatic rings. The molecule has 8 heteroatoms. The number of carbonyl (C=O) groups excluding carboxylic acids is 1. The maximum absolute atomic E-state index is 13.2. The summed E-state index contributed by atoms with van der Waals surface area (Å²) in [6, 6.07) is 16.0. The van der Waals surface area contributed by atoms with Gasteiger partial charge in [-0.1, -0.05) is 13.0 Å². The predicted molar refractivity (Wildman–Crippen MR) is 147 cm³/mol. The lowest BCUT2D eigenvalue weighted by Gasteiger charge is -2.34. The maximum Gasteiger partial charge on any atom is 0.238 e. The number of fused-ring (bicyclic) bond motifs is 1. The minimum atomic E-state index is -0.0148. The lowest BCUT2D eigenvalue weighted by atomic mass is 10.0. The highest BCUT2D eigenvalue weighted by Crippen LogP contribution is 2.33. The Bertz CT molecular complexity index is 1350. The van der Waals surface area contributed by atoms with E-state index >= 15 is 0 Å². The summed E-state index contributed by atoms with van der Waals surface area (Å²) in [5, 5.41) is 5.14. The highest BCUT2D eigenvalue weighted by molar-refractivity contribution is 6.05. The van der Waals surface area contributed by atoms with Crippen LogP contribution in [0.25, 0.3) is 22.0 Å². The van der Waals surface area contributed by atoms with Crippen molar-refractivity contribution in [2.75, 3.05) is 51.7 Å². The molecule has 2 aromatic heterocycles. The van der Waals surface area contributed by atoms with Gasteiger partial charge in [0.1, 0.15) is 11.6 Å². The van der Waals surface area contributed by atoms with E-state index in [2.05, 4.69) is 55.3 Å². The first-order valence-electron chi connectivity index (χ1n) is 12.9. The van der Waals surface area contributed by atoms with Gasteiger partial charge in [0.25, 0.3) is 0 Å². The topological polar surface area (TPSA) is 75.5 Å². The molecule has 1 aliphatic heterocycles. The Balaban J connectivity index is 1.28. The van der Waals surface area contributed by atoms with Gasteiger partial charge in [-0.3, -0.25) is 14.6 Å². The second-order valence-electron chi connectivity index (χ2n) is 9.41. The molecular formula is C29H34N6O2. The quantitative estimate of drug-likeness (QED) is 0.377. The molecule has 0 unspecified atom stereocenters. The van der Waals surface area contributed by atoms with Gasteiger partial charge in [0.15, 0.2) is 0 Å². The van der Waals surface area contributed by atoms with Crippen LogP contribution in [0.2, 0.25) is 0 Å². The van der Waals surface area contributed by atoms with Crippen molar-refractivity contribution in [2.24, 2.45) is 0 Å². The van der Waals surface area contributed by atoms with E-state index in [1.54, 1.807) is 13.3 Å². The van der Waals surface area contributed by atoms with E-state index in [9.17, 15) is 4.79 Å². The van der Waals surface area contributed by atoms with Crippen molar-refractivity contribution < 1.29 is 9.53 Å². The van der Waals surface area contributed by atoms with Gasteiger partial charge < -0.3 is 14.6 Å². The van der Waals surface area contributed by atoms with Gasteiger partial charge in [0, 0.05) is 80.9 Å². The molecule has 1 saturated heterocycles. The summed E-state index contributed by atoms with van der Waals surface area (Å²) < 4.78 is 7.66. The number of aryl methyl sites for hydroxylation is 1. The highest BCUT2D eigenvalue weighted by Gasteiger charge is 2.19. The fourth-order valence-corrected chi connectivity index (χ4v) is 4.79. The molecule has 2 aromatic carbocycles. The molecule has 1 aliphatic rings. The monoisotopic (exact) mass is 498 g/mol. The minimum Gasteiger partial charge on any atom is -0.497 e. The number of aromatic nitrogens is 3. The molecule has 0 radical (unpaired) electrons. The van der Waals surface area contributed by atoms with Crippen LogP contribution in [0.5, 0.6) is 5.75 Å². The molecule has 3 heterocycles. The summed E-state index contributed by atoms with van der Waals surface area (Å²) in [7, 11) is 1.65. The van der Waals surface area contributed by atoms with Gasteiger partial charge in [-0.15, -0.1) is 0 Å². The van der Waals surface area contributed by atoms with Crippen LogP contribution in [0.1, 0.15) is 12.7 Å². The molecule has 192 valence electrons. The van der Waals surface area contributed by atoms with Crippen LogP contribution in [-0.4, -0.2) is 76.6 Å². The van der Waals surface area contributed by atoms with Crippen molar-refractivity contribution in [3.8, 4) is 17.0 Å². The van der Waals surface area contributed by atoms with E-state index in [0.29, 0.717) is 6.54 Å². The first-order valence-corrected chi connectivity index (χ1v) is 12.9. The number of hydrogen-bond donors (Lipinski definition) is 1. The summed E-state index contributed by atoms with van der Waals surface area (Å²) >= 11 is 0. The third-order valence-corrected chi connectivity index (χ3v) is 6.93. The lowest BCUT2D eigenvalue weighted by Crippen LogP contribution is -2.49. The Hall–Kier alpha value is -3.75. The van der Waals surface area contributed by atoms with Gasteiger partial charge in [-0.25, -0.2) is 9.97 Å². The average molecular weight is 499 g/mol. The number of nitrogens with one attached hydrogen (secondary N) is 1. The van der Waals surface area contributed by atoms with Gasteiger partial charge in [-0.2, -0.15) is 0 Å². The van der Waals surface area contributed by atoms with Crippen LogP contribution in [0.15, 0.2) is 67.1 Å². The molecule has 1 fully saturated rings. The minimum absolute atomic E-state index is 0.0148. The van der Waals surface area contributed by atoms with E-state index in [1.165, 1.54) is 0 Å². The molecule has 1 amide bonds. The standard InChI is InChI=1S/C29H34N6O2/c1-3-28-30-9-8-26(31-28)23-18-22-6-7-24(37-2)20-25(22)27(19-23)32-29(36)21-35-16-14-34(15-17-35)13-12-33-10-4-5-11-33/h4-11,18-20H,3,12-17,21H2,1-2H3,(H,32,36). The van der Waals surface area contributed by atoms with E-state index in [1.807, 2.05) is 37.3 Å². The van der Waals surface area contributed by atoms with E-state index < -0.39 is 0 Å². The molecule has 0 saturated carbocycles. The number of ether oxygens (including phenoxy) is 1. The van der Waals surface area contributed by atoms with Crippen molar-refractivity contribution in [1.82, 2.24) is 24.3 Å². The van der Waals surface area contributed by atoms with Crippen molar-refractivity contribution in [3.05, 3.63) is 72.9 Å². The predicted octanol–water partition coefficient (Wildman–Crippen LogP) is 3.93. The third kappa shape index (κ3) is 6.15. The molecule has 0 spiro atoms. The zero-order chi connectivity index (χ0) is 25.6. The van der Waals surface area contributed by atoms with E-state index in [-0.39, 0.29) is 5.91 Å². The average Bonchev–Trinajstić information content (AvgIpc) is 3.46. The van der Waals surface area contributed by atoms with Crippen LogP contribution in [0.4, 0.5) is 5.69 Å². The number of hydrogen-bond acceptors (Lipinski definition) is 6. The summed E-state index contributed by atoms with van der Waals surface area (Å²) in [6.07, 6.45) is 6.75. The summed E-state index contributed by atoms with van der Waals surface area (Å²) in [6.45, 7) is 8.14. The van der Waals surface area contributed by atoms with E-state index in [4.69, 9.17) is 9.72 Å². The highest BCUT2D eigenvalue weighted by atomic mass is 16.5. The van der Waals surface area contributed by atoms with Crippen LogP contribution in [0.3, 0.4) is 0 Å². The molecule has 0 bridgehead atoms. The summed E-state index contributed by atoms with van der Waals surface area (Å²) in [4.78, 5) is 26.9. The third-order valence-electron chi connectivity index (χ3n) is 6.93. The summed E-state index contributed by atoms with van der Waals surface area (Å²) in [5.41, 5.74) is 2.55. The number of nitrogens with zero attached hydrogens (tertiary/aromatic N) is 5. The normalized spacial score (nSPS) is 14.6. The number of anilines is 1. The zero-order valence-electron chi connectivity index (χ0n) is 21.6. The number of carbonyl (C=O) groups is 1. The summed E-state index contributed by atoms with van der Waals surface area (Å²) in [5.74, 6) is 1.53. The number of amides is 1. The SMILES string of the molecule is CCc1nccc(-c2cc(NC(=O)CN3CCN(CCn4cccc4)CC3)c3cc(OC)ccc3c2)n1. The smallest absolute Gasteiger partial charge is 0.238 e. The first-order chi connectivity index (χ1) is 18.1. The Morgan fingerprint density at radius 3 is 2.54 bits per heavy atom. The Kier molecular flexibility index (Phi) is 7.77. The molecule has 8 nitrogen and oxygen atoms in total. The number of benzene rings is 2. The second kappa shape index (κ2) is 11.5.